The molecule has 1 aromatic heterocycles. The maximum absolute atomic E-state index is 12.5. The minimum absolute atomic E-state index is 0.104. The number of carbonyl (C=O) groups is 1. The molecule has 0 fully saturated rings. The van der Waals surface area contributed by atoms with Crippen LogP contribution in [0.2, 0.25) is 0 Å². The fraction of sp³-hybridized carbons (Fsp3) is 0.353. The van der Waals surface area contributed by atoms with Crippen molar-refractivity contribution in [2.24, 2.45) is 0 Å². The van der Waals surface area contributed by atoms with Crippen molar-refractivity contribution in [1.29, 1.82) is 0 Å². The van der Waals surface area contributed by atoms with Crippen molar-refractivity contribution < 1.29 is 15.0 Å². The fourth-order valence-corrected chi connectivity index (χ4v) is 3.04. The number of hydrogen-bond acceptors (Lipinski definition) is 4. The molecule has 1 amide bonds. The Bertz CT molecular complexity index is 605. The molecule has 1 atom stereocenters. The van der Waals surface area contributed by atoms with Crippen molar-refractivity contribution in [2.45, 2.75) is 31.7 Å². The van der Waals surface area contributed by atoms with Gasteiger partial charge in [0.1, 0.15) is 5.75 Å². The average Bonchev–Trinajstić information content (AvgIpc) is 3.03. The third-order valence-corrected chi connectivity index (χ3v) is 4.87. The van der Waals surface area contributed by atoms with E-state index in [1.165, 1.54) is 0 Å². The van der Waals surface area contributed by atoms with Gasteiger partial charge in [-0.1, -0.05) is 18.2 Å². The zero-order chi connectivity index (χ0) is 16.2. The largest absolute Gasteiger partial charge is 0.508 e. The number of rotatable bonds is 6. The number of aliphatic hydroxyl groups is 1. The van der Waals surface area contributed by atoms with Crippen LogP contribution in [0.15, 0.2) is 41.8 Å². The maximum Gasteiger partial charge on any atom is 0.231 e. The van der Waals surface area contributed by atoms with Crippen molar-refractivity contribution in [3.8, 4) is 5.75 Å². The number of aromatic hydroxyl groups is 1. The zero-order valence-corrected chi connectivity index (χ0v) is 13.6. The number of thiophene rings is 1. The summed E-state index contributed by atoms with van der Waals surface area (Å²) in [6.45, 7) is 3.62. The highest BCUT2D eigenvalue weighted by Crippen LogP contribution is 2.27. The van der Waals surface area contributed by atoms with Crippen LogP contribution in [-0.4, -0.2) is 28.8 Å². The van der Waals surface area contributed by atoms with E-state index < -0.39 is 5.41 Å². The van der Waals surface area contributed by atoms with E-state index in [0.717, 1.165) is 10.4 Å². The van der Waals surface area contributed by atoms with Crippen LogP contribution >= 0.6 is 11.3 Å². The maximum atomic E-state index is 12.5. The molecule has 0 aliphatic carbocycles. The lowest BCUT2D eigenvalue weighted by Gasteiger charge is -2.26. The van der Waals surface area contributed by atoms with E-state index in [1.54, 1.807) is 35.6 Å². The number of aliphatic hydroxyl groups excluding tert-OH is 1. The van der Waals surface area contributed by atoms with E-state index in [-0.39, 0.29) is 24.3 Å². The summed E-state index contributed by atoms with van der Waals surface area (Å²) < 4.78 is 0. The first-order valence-electron chi connectivity index (χ1n) is 7.17. The van der Waals surface area contributed by atoms with Crippen molar-refractivity contribution in [3.05, 3.63) is 52.2 Å². The van der Waals surface area contributed by atoms with Gasteiger partial charge in [0.25, 0.3) is 0 Å². The first-order chi connectivity index (χ1) is 10.4. The number of amides is 1. The number of phenolic OH excluding ortho intramolecular Hbond substituents is 1. The Morgan fingerprint density at radius 1 is 1.27 bits per heavy atom. The van der Waals surface area contributed by atoms with Crippen LogP contribution in [0.4, 0.5) is 0 Å². The van der Waals surface area contributed by atoms with E-state index in [4.69, 9.17) is 0 Å². The fourth-order valence-electron chi connectivity index (χ4n) is 2.19. The monoisotopic (exact) mass is 319 g/mol. The lowest BCUT2D eigenvalue weighted by atomic mass is 9.89. The minimum atomic E-state index is -0.628. The van der Waals surface area contributed by atoms with Crippen molar-refractivity contribution in [2.75, 3.05) is 6.61 Å². The van der Waals surface area contributed by atoms with Gasteiger partial charge in [-0.3, -0.25) is 4.79 Å². The molecule has 3 N–H and O–H groups in total. The molecule has 0 unspecified atom stereocenters. The quantitative estimate of drug-likeness (QED) is 0.766. The Hall–Kier alpha value is -1.85. The van der Waals surface area contributed by atoms with Gasteiger partial charge in [0.2, 0.25) is 5.91 Å². The Labute approximate surface area is 134 Å². The third kappa shape index (κ3) is 3.87. The van der Waals surface area contributed by atoms with Crippen LogP contribution in [-0.2, 0) is 16.6 Å². The van der Waals surface area contributed by atoms with Gasteiger partial charge in [-0.2, -0.15) is 0 Å². The molecule has 4 nitrogen and oxygen atoms in total. The molecule has 0 aliphatic heterocycles. The van der Waals surface area contributed by atoms with Gasteiger partial charge in [0, 0.05) is 4.88 Å². The molecule has 0 bridgehead atoms. The Morgan fingerprint density at radius 2 is 1.95 bits per heavy atom. The van der Waals surface area contributed by atoms with Crippen LogP contribution in [0.3, 0.4) is 0 Å². The molecule has 1 aromatic carbocycles. The predicted molar refractivity (Wildman–Crippen MR) is 88.2 cm³/mol. The van der Waals surface area contributed by atoms with Gasteiger partial charge in [-0.25, -0.2) is 0 Å². The van der Waals surface area contributed by atoms with Gasteiger partial charge in [-0.05, 0) is 49.4 Å². The summed E-state index contributed by atoms with van der Waals surface area (Å²) >= 11 is 1.55. The summed E-state index contributed by atoms with van der Waals surface area (Å²) in [7, 11) is 0. The predicted octanol–water partition coefficient (Wildman–Crippen LogP) is 2.45. The molecule has 0 aliphatic rings. The molecular weight excluding hydrogens is 298 g/mol. The van der Waals surface area contributed by atoms with E-state index in [0.29, 0.717) is 6.42 Å². The second-order valence-corrected chi connectivity index (χ2v) is 6.77. The molecule has 118 valence electrons. The van der Waals surface area contributed by atoms with Gasteiger partial charge in [-0.15, -0.1) is 11.3 Å². The number of hydrogen-bond donors (Lipinski definition) is 3. The summed E-state index contributed by atoms with van der Waals surface area (Å²) in [5.41, 5.74) is 0.322. The van der Waals surface area contributed by atoms with E-state index >= 15 is 0 Å². The normalized spacial score (nSPS) is 12.9. The molecule has 0 saturated heterocycles. The van der Waals surface area contributed by atoms with Gasteiger partial charge in [0.05, 0.1) is 18.1 Å². The lowest BCUT2D eigenvalue weighted by molar-refractivity contribution is -0.126. The number of nitrogens with one attached hydrogen (secondary N) is 1. The summed E-state index contributed by atoms with van der Waals surface area (Å²) in [6.07, 6.45) is 0.517. The smallest absolute Gasteiger partial charge is 0.231 e. The molecule has 1 heterocycles. The van der Waals surface area contributed by atoms with E-state index in [1.807, 2.05) is 31.4 Å². The van der Waals surface area contributed by atoms with Gasteiger partial charge < -0.3 is 15.5 Å². The van der Waals surface area contributed by atoms with Crippen LogP contribution in [0, 0.1) is 0 Å². The summed E-state index contributed by atoms with van der Waals surface area (Å²) in [5, 5.41) is 23.7. The minimum Gasteiger partial charge on any atom is -0.508 e. The second-order valence-electron chi connectivity index (χ2n) is 5.83. The summed E-state index contributed by atoms with van der Waals surface area (Å²) in [4.78, 5) is 13.5. The van der Waals surface area contributed by atoms with Crippen LogP contribution in [0.1, 0.15) is 24.3 Å². The standard InChI is InChI=1S/C17H21NO3S/c1-17(2,15-4-3-9-22-15)16(21)18-13(11-19)10-12-5-7-14(20)8-6-12/h3-9,13,19-20H,10-11H2,1-2H3,(H,18,21)/t13-/m0/s1. The van der Waals surface area contributed by atoms with E-state index in [2.05, 4.69) is 5.32 Å². The lowest BCUT2D eigenvalue weighted by Crippen LogP contribution is -2.47. The highest BCUT2D eigenvalue weighted by Gasteiger charge is 2.32. The van der Waals surface area contributed by atoms with Crippen LogP contribution in [0.25, 0.3) is 0 Å². The van der Waals surface area contributed by atoms with Crippen LogP contribution in [0.5, 0.6) is 5.75 Å². The molecule has 2 rings (SSSR count). The summed E-state index contributed by atoms with van der Waals surface area (Å²) in [5.74, 6) is 0.0972. The number of carbonyl (C=O) groups excluding carboxylic acids is 1. The van der Waals surface area contributed by atoms with Crippen molar-refractivity contribution in [3.63, 3.8) is 0 Å². The molecule has 2 aromatic rings. The first kappa shape index (κ1) is 16.5. The highest BCUT2D eigenvalue weighted by molar-refractivity contribution is 7.10. The van der Waals surface area contributed by atoms with Gasteiger partial charge in [0.15, 0.2) is 0 Å². The first-order valence-corrected chi connectivity index (χ1v) is 8.05. The number of benzene rings is 1. The third-order valence-electron chi connectivity index (χ3n) is 3.68. The SMILES string of the molecule is CC(C)(C(=O)N[C@H](CO)Cc1ccc(O)cc1)c1cccs1. The molecule has 0 saturated carbocycles. The average molecular weight is 319 g/mol. The molecule has 0 radical (unpaired) electrons. The van der Waals surface area contributed by atoms with Crippen LogP contribution < -0.4 is 5.32 Å². The van der Waals surface area contributed by atoms with Crippen molar-refractivity contribution >= 4 is 17.2 Å². The number of phenols is 1. The molecular formula is C17H21NO3S. The Balaban J connectivity index is 2.03. The highest BCUT2D eigenvalue weighted by atomic mass is 32.1. The molecule has 22 heavy (non-hydrogen) atoms. The topological polar surface area (TPSA) is 69.6 Å². The van der Waals surface area contributed by atoms with E-state index in [9.17, 15) is 15.0 Å². The Kier molecular flexibility index (Phi) is 5.21. The second kappa shape index (κ2) is 6.94. The van der Waals surface area contributed by atoms with Gasteiger partial charge >= 0.3 is 0 Å². The molecule has 5 heteroatoms. The summed E-state index contributed by atoms with van der Waals surface area (Å²) in [6, 6.07) is 10.3. The Morgan fingerprint density at radius 3 is 2.50 bits per heavy atom. The van der Waals surface area contributed by atoms with Crippen molar-refractivity contribution in [1.82, 2.24) is 5.32 Å². The molecule has 0 spiro atoms. The zero-order valence-electron chi connectivity index (χ0n) is 12.7.